The lowest BCUT2D eigenvalue weighted by molar-refractivity contribution is 0.0458. The fourth-order valence-electron chi connectivity index (χ4n) is 3.25. The van der Waals surface area contributed by atoms with E-state index < -0.39 is 5.97 Å². The molecule has 158 valence electrons. The van der Waals surface area contributed by atoms with Crippen molar-refractivity contribution in [2.45, 2.75) is 38.0 Å². The van der Waals surface area contributed by atoms with Gasteiger partial charge in [-0.3, -0.25) is 4.79 Å². The van der Waals surface area contributed by atoms with Crippen LogP contribution in [0.2, 0.25) is 0 Å². The molecule has 0 atom stereocenters. The van der Waals surface area contributed by atoms with E-state index in [1.807, 2.05) is 45.0 Å². The third kappa shape index (κ3) is 4.39. The van der Waals surface area contributed by atoms with Gasteiger partial charge in [0.1, 0.15) is 18.2 Å². The van der Waals surface area contributed by atoms with E-state index in [1.165, 1.54) is 11.8 Å². The fourth-order valence-corrected chi connectivity index (χ4v) is 4.44. The number of benzene rings is 2. The first-order valence-electron chi connectivity index (χ1n) is 9.73. The highest BCUT2D eigenvalue weighted by atomic mass is 32.2. The maximum absolute atomic E-state index is 12.8. The zero-order chi connectivity index (χ0) is 22.0. The molecule has 4 rings (SSSR count). The molecule has 31 heavy (non-hydrogen) atoms. The van der Waals surface area contributed by atoms with E-state index >= 15 is 0 Å². The largest absolute Gasteiger partial charge is 0.454 e. The summed E-state index contributed by atoms with van der Waals surface area (Å²) in [6.45, 7) is 5.53. The summed E-state index contributed by atoms with van der Waals surface area (Å²) in [5, 5.41) is 4.48. The van der Waals surface area contributed by atoms with Crippen molar-refractivity contribution in [1.29, 1.82) is 0 Å². The average Bonchev–Trinajstić information content (AvgIpc) is 3.09. The lowest BCUT2D eigenvalue weighted by Gasteiger charge is -2.10. The van der Waals surface area contributed by atoms with Gasteiger partial charge in [0, 0.05) is 16.2 Å². The van der Waals surface area contributed by atoms with Crippen molar-refractivity contribution in [3.63, 3.8) is 0 Å². The lowest BCUT2D eigenvalue weighted by atomic mass is 10.1. The number of aromatic nitrogens is 3. The molecule has 1 N–H and O–H groups in total. The van der Waals surface area contributed by atoms with Gasteiger partial charge in [-0.2, -0.15) is 0 Å². The summed E-state index contributed by atoms with van der Waals surface area (Å²) in [5.41, 5.74) is 3.55. The van der Waals surface area contributed by atoms with Gasteiger partial charge in [0.2, 0.25) is 0 Å². The summed E-state index contributed by atoms with van der Waals surface area (Å²) in [6.07, 6.45) is 0. The number of aryl methyl sites for hydroxylation is 3. The van der Waals surface area contributed by atoms with Gasteiger partial charge in [0.05, 0.1) is 22.2 Å². The number of para-hydroxylation sites is 1. The van der Waals surface area contributed by atoms with Crippen molar-refractivity contribution in [2.24, 2.45) is 0 Å². The first-order valence-corrected chi connectivity index (χ1v) is 10.7. The zero-order valence-electron chi connectivity index (χ0n) is 17.4. The Hall–Kier alpha value is -3.39. The van der Waals surface area contributed by atoms with Crippen LogP contribution < -0.4 is 5.56 Å². The maximum atomic E-state index is 12.8. The third-order valence-corrected chi connectivity index (χ3v) is 6.09. The topological polar surface area (TPSA) is 98.1 Å². The number of fused-ring (bicyclic) bond motifs is 1. The molecule has 0 saturated heterocycles. The van der Waals surface area contributed by atoms with Crippen LogP contribution >= 0.6 is 11.8 Å². The Morgan fingerprint density at radius 2 is 1.94 bits per heavy atom. The summed E-state index contributed by atoms with van der Waals surface area (Å²) in [4.78, 5) is 33.0. The fraction of sp³-hybridized carbons (Fsp3) is 0.217. The van der Waals surface area contributed by atoms with Crippen LogP contribution in [0, 0.1) is 20.8 Å². The van der Waals surface area contributed by atoms with Crippen molar-refractivity contribution in [1.82, 2.24) is 15.1 Å². The molecule has 0 aliphatic rings. The van der Waals surface area contributed by atoms with Gasteiger partial charge in [-0.1, -0.05) is 29.4 Å². The molecule has 0 bridgehead atoms. The molecule has 8 heteroatoms. The summed E-state index contributed by atoms with van der Waals surface area (Å²) < 4.78 is 10.7. The Morgan fingerprint density at radius 3 is 2.71 bits per heavy atom. The van der Waals surface area contributed by atoms with E-state index in [0.29, 0.717) is 28.0 Å². The van der Waals surface area contributed by atoms with E-state index in [1.54, 1.807) is 18.2 Å². The van der Waals surface area contributed by atoms with Gasteiger partial charge in [-0.25, -0.2) is 9.78 Å². The Balaban J connectivity index is 1.50. The standard InChI is InChI=1S/C23H21N3O4S/c1-13-7-6-9-17-21(13)24-20(25-22(17)27)11-29-23(28)16-8-4-5-10-19(16)31-12-18-14(2)26-30-15(18)3/h4-10H,11-12H2,1-3H3,(H,24,25,27). The normalized spacial score (nSPS) is 11.1. The van der Waals surface area contributed by atoms with E-state index in [4.69, 9.17) is 9.26 Å². The molecular formula is C23H21N3O4S. The van der Waals surface area contributed by atoms with Crippen molar-refractivity contribution in [2.75, 3.05) is 0 Å². The molecule has 0 saturated carbocycles. The van der Waals surface area contributed by atoms with Gasteiger partial charge in [0.25, 0.3) is 5.56 Å². The van der Waals surface area contributed by atoms with Gasteiger partial charge in [-0.05, 0) is 44.5 Å². The van der Waals surface area contributed by atoms with E-state index in [-0.39, 0.29) is 12.2 Å². The molecule has 2 heterocycles. The predicted molar refractivity (Wildman–Crippen MR) is 118 cm³/mol. The first-order chi connectivity index (χ1) is 14.9. The van der Waals surface area contributed by atoms with Crippen molar-refractivity contribution < 1.29 is 14.1 Å². The molecule has 4 aromatic rings. The minimum absolute atomic E-state index is 0.124. The van der Waals surface area contributed by atoms with Crippen LogP contribution in [0.4, 0.5) is 0 Å². The van der Waals surface area contributed by atoms with Gasteiger partial charge >= 0.3 is 5.97 Å². The van der Waals surface area contributed by atoms with Crippen LogP contribution in [-0.2, 0) is 17.1 Å². The molecule has 0 amide bonds. The van der Waals surface area contributed by atoms with Crippen LogP contribution in [-0.4, -0.2) is 21.1 Å². The number of hydrogen-bond donors (Lipinski definition) is 1. The number of nitrogens with zero attached hydrogens (tertiary/aromatic N) is 2. The Morgan fingerprint density at radius 1 is 1.13 bits per heavy atom. The number of rotatable bonds is 6. The summed E-state index contributed by atoms with van der Waals surface area (Å²) in [7, 11) is 0. The second-order valence-electron chi connectivity index (χ2n) is 7.15. The Labute approximate surface area is 182 Å². The molecule has 7 nitrogen and oxygen atoms in total. The van der Waals surface area contributed by atoms with E-state index in [2.05, 4.69) is 15.1 Å². The number of aromatic amines is 1. The first kappa shape index (κ1) is 20.9. The summed E-state index contributed by atoms with van der Waals surface area (Å²) >= 11 is 1.52. The minimum Gasteiger partial charge on any atom is -0.454 e. The molecular weight excluding hydrogens is 414 g/mol. The molecule has 0 fully saturated rings. The summed E-state index contributed by atoms with van der Waals surface area (Å²) in [6, 6.07) is 12.7. The van der Waals surface area contributed by atoms with Crippen molar-refractivity contribution in [3.8, 4) is 0 Å². The molecule has 0 unspecified atom stereocenters. The second-order valence-corrected chi connectivity index (χ2v) is 8.16. The molecule has 0 spiro atoms. The SMILES string of the molecule is Cc1noc(C)c1CSc1ccccc1C(=O)OCc1nc2c(C)cccc2c(=O)[nH]1. The van der Waals surface area contributed by atoms with Crippen LogP contribution in [0.25, 0.3) is 10.9 Å². The minimum atomic E-state index is -0.477. The van der Waals surface area contributed by atoms with Crippen LogP contribution in [0.1, 0.15) is 38.8 Å². The number of thioether (sulfide) groups is 1. The third-order valence-electron chi connectivity index (χ3n) is 4.99. The highest BCUT2D eigenvalue weighted by molar-refractivity contribution is 7.98. The second kappa shape index (κ2) is 8.77. The number of nitrogens with one attached hydrogen (secondary N) is 1. The van der Waals surface area contributed by atoms with Crippen molar-refractivity contribution in [3.05, 3.63) is 86.8 Å². The van der Waals surface area contributed by atoms with Crippen LogP contribution in [0.3, 0.4) is 0 Å². The molecule has 2 aromatic carbocycles. The van der Waals surface area contributed by atoms with E-state index in [9.17, 15) is 9.59 Å². The quantitative estimate of drug-likeness (QED) is 0.352. The summed E-state index contributed by atoms with van der Waals surface area (Å²) in [5.74, 6) is 1.23. The number of ether oxygens (including phenoxy) is 1. The zero-order valence-corrected chi connectivity index (χ0v) is 18.2. The van der Waals surface area contributed by atoms with Crippen LogP contribution in [0.5, 0.6) is 0 Å². The van der Waals surface area contributed by atoms with Crippen molar-refractivity contribution >= 4 is 28.6 Å². The highest BCUT2D eigenvalue weighted by Gasteiger charge is 2.16. The predicted octanol–water partition coefficient (Wildman–Crippen LogP) is 4.49. The van der Waals surface area contributed by atoms with E-state index in [0.717, 1.165) is 27.5 Å². The number of hydrogen-bond acceptors (Lipinski definition) is 7. The average molecular weight is 436 g/mol. The Kier molecular flexibility index (Phi) is 5.90. The number of carbonyl (C=O) groups is 1. The van der Waals surface area contributed by atoms with Gasteiger partial charge < -0.3 is 14.2 Å². The molecule has 0 aliphatic carbocycles. The lowest BCUT2D eigenvalue weighted by Crippen LogP contribution is -2.15. The number of H-pyrrole nitrogens is 1. The number of carbonyl (C=O) groups excluding carboxylic acids is 1. The highest BCUT2D eigenvalue weighted by Crippen LogP contribution is 2.29. The smallest absolute Gasteiger partial charge is 0.339 e. The van der Waals surface area contributed by atoms with Crippen LogP contribution in [0.15, 0.2) is 56.7 Å². The Bertz CT molecular complexity index is 1310. The van der Waals surface area contributed by atoms with Gasteiger partial charge in [0.15, 0.2) is 0 Å². The molecule has 2 aromatic heterocycles. The maximum Gasteiger partial charge on any atom is 0.339 e. The molecule has 0 radical (unpaired) electrons. The molecule has 0 aliphatic heterocycles. The number of esters is 1. The monoisotopic (exact) mass is 435 g/mol. The van der Waals surface area contributed by atoms with Gasteiger partial charge in [-0.15, -0.1) is 11.8 Å².